The van der Waals surface area contributed by atoms with Gasteiger partial charge < -0.3 is 15.1 Å². The number of carbonyl (C=O) groups is 1. The number of nitrogens with zero attached hydrogens (tertiary/aromatic N) is 4. The zero-order valence-electron chi connectivity index (χ0n) is 14.9. The van der Waals surface area contributed by atoms with Crippen LogP contribution >= 0.6 is 11.3 Å². The summed E-state index contributed by atoms with van der Waals surface area (Å²) in [7, 11) is 1.79. The number of aryl methyl sites for hydroxylation is 1. The van der Waals surface area contributed by atoms with Crippen molar-refractivity contribution in [1.29, 1.82) is 0 Å². The fraction of sp³-hybridized carbons (Fsp3) is 0.500. The number of nitrogens with one attached hydrogen (secondary N) is 1. The van der Waals surface area contributed by atoms with Crippen LogP contribution in [0.1, 0.15) is 35.5 Å². The van der Waals surface area contributed by atoms with E-state index < -0.39 is 0 Å². The van der Waals surface area contributed by atoms with Gasteiger partial charge in [-0.1, -0.05) is 0 Å². The smallest absolute Gasteiger partial charge is 0.317 e. The van der Waals surface area contributed by atoms with Gasteiger partial charge in [-0.05, 0) is 43.9 Å². The minimum absolute atomic E-state index is 0.0954. The Morgan fingerprint density at radius 1 is 1.36 bits per heavy atom. The SMILES string of the molecule is Cc1nc(CN(C)C(=O)NCc2ccnc(N3CCCCC3)c2)cs1. The second kappa shape index (κ2) is 8.29. The Balaban J connectivity index is 1.52. The van der Waals surface area contributed by atoms with E-state index in [-0.39, 0.29) is 6.03 Å². The molecule has 7 heteroatoms. The van der Waals surface area contributed by atoms with E-state index in [2.05, 4.69) is 26.3 Å². The van der Waals surface area contributed by atoms with Crippen molar-refractivity contribution < 1.29 is 4.79 Å². The van der Waals surface area contributed by atoms with Crippen molar-refractivity contribution in [1.82, 2.24) is 20.2 Å². The normalized spacial score (nSPS) is 14.4. The van der Waals surface area contributed by atoms with Gasteiger partial charge in [-0.15, -0.1) is 11.3 Å². The summed E-state index contributed by atoms with van der Waals surface area (Å²) >= 11 is 1.60. The monoisotopic (exact) mass is 359 g/mol. The van der Waals surface area contributed by atoms with Crippen molar-refractivity contribution in [3.63, 3.8) is 0 Å². The topological polar surface area (TPSA) is 61.4 Å². The molecular weight excluding hydrogens is 334 g/mol. The molecule has 0 aromatic carbocycles. The van der Waals surface area contributed by atoms with E-state index in [1.165, 1.54) is 19.3 Å². The van der Waals surface area contributed by atoms with Crippen molar-refractivity contribution >= 4 is 23.2 Å². The van der Waals surface area contributed by atoms with E-state index in [1.807, 2.05) is 24.6 Å². The summed E-state index contributed by atoms with van der Waals surface area (Å²) in [5.41, 5.74) is 2.00. The molecule has 1 N–H and O–H groups in total. The number of hydrogen-bond acceptors (Lipinski definition) is 5. The molecule has 3 heterocycles. The van der Waals surface area contributed by atoms with E-state index in [4.69, 9.17) is 0 Å². The third-order valence-corrected chi connectivity index (χ3v) is 5.17. The number of urea groups is 1. The fourth-order valence-corrected chi connectivity index (χ4v) is 3.58. The van der Waals surface area contributed by atoms with Crippen molar-refractivity contribution in [3.05, 3.63) is 40.0 Å². The van der Waals surface area contributed by atoms with E-state index in [1.54, 1.807) is 23.3 Å². The van der Waals surface area contributed by atoms with Crippen LogP contribution in [-0.4, -0.2) is 41.0 Å². The molecule has 2 aromatic heterocycles. The van der Waals surface area contributed by atoms with Crippen LogP contribution < -0.4 is 10.2 Å². The van der Waals surface area contributed by atoms with Crippen molar-refractivity contribution in [2.24, 2.45) is 0 Å². The molecule has 1 saturated heterocycles. The van der Waals surface area contributed by atoms with Crippen LogP contribution in [0.3, 0.4) is 0 Å². The third-order valence-electron chi connectivity index (χ3n) is 4.35. The third kappa shape index (κ3) is 4.92. The zero-order valence-corrected chi connectivity index (χ0v) is 15.7. The average molecular weight is 359 g/mol. The van der Waals surface area contributed by atoms with Gasteiger partial charge in [-0.2, -0.15) is 0 Å². The molecule has 1 aliphatic rings. The molecule has 0 radical (unpaired) electrons. The predicted octanol–water partition coefficient (Wildman–Crippen LogP) is 3.18. The zero-order chi connectivity index (χ0) is 17.6. The van der Waals surface area contributed by atoms with Gasteiger partial charge >= 0.3 is 6.03 Å². The number of pyridine rings is 1. The first-order valence-electron chi connectivity index (χ1n) is 8.71. The molecule has 134 valence electrons. The number of piperidine rings is 1. The Morgan fingerprint density at radius 2 is 2.16 bits per heavy atom. The highest BCUT2D eigenvalue weighted by molar-refractivity contribution is 7.09. The Kier molecular flexibility index (Phi) is 5.86. The molecular formula is C18H25N5OS. The first-order chi connectivity index (χ1) is 12.1. The minimum Gasteiger partial charge on any atom is -0.357 e. The van der Waals surface area contributed by atoms with Crippen LogP contribution in [-0.2, 0) is 13.1 Å². The maximum Gasteiger partial charge on any atom is 0.317 e. The van der Waals surface area contributed by atoms with Crippen LogP contribution in [0, 0.1) is 6.92 Å². The maximum atomic E-state index is 12.3. The standard InChI is InChI=1S/C18H25N5OS/c1-14-21-16(13-25-14)12-22(2)18(24)20-11-15-6-7-19-17(10-15)23-8-4-3-5-9-23/h6-7,10,13H,3-5,8-9,11-12H2,1-2H3,(H,20,24). The second-order valence-corrected chi connectivity index (χ2v) is 7.50. The molecule has 0 spiro atoms. The van der Waals surface area contributed by atoms with E-state index in [0.717, 1.165) is 35.2 Å². The van der Waals surface area contributed by atoms with Crippen molar-refractivity contribution in [2.45, 2.75) is 39.3 Å². The number of rotatable bonds is 5. The quantitative estimate of drug-likeness (QED) is 0.891. The van der Waals surface area contributed by atoms with Gasteiger partial charge in [0.25, 0.3) is 0 Å². The molecule has 3 rings (SSSR count). The van der Waals surface area contributed by atoms with Crippen molar-refractivity contribution in [2.75, 3.05) is 25.0 Å². The second-order valence-electron chi connectivity index (χ2n) is 6.44. The summed E-state index contributed by atoms with van der Waals surface area (Å²) < 4.78 is 0. The molecule has 1 fully saturated rings. The van der Waals surface area contributed by atoms with Crippen LogP contribution in [0.2, 0.25) is 0 Å². The molecule has 0 saturated carbocycles. The van der Waals surface area contributed by atoms with Gasteiger partial charge in [0.15, 0.2) is 0 Å². The van der Waals surface area contributed by atoms with E-state index in [9.17, 15) is 4.79 Å². The summed E-state index contributed by atoms with van der Waals surface area (Å²) in [6.45, 7) is 5.13. The lowest BCUT2D eigenvalue weighted by Crippen LogP contribution is -2.36. The number of thiazole rings is 1. The van der Waals surface area contributed by atoms with Crippen LogP contribution in [0.25, 0.3) is 0 Å². The molecule has 0 aliphatic carbocycles. The summed E-state index contributed by atoms with van der Waals surface area (Å²) in [4.78, 5) is 25.1. The van der Waals surface area contributed by atoms with Gasteiger partial charge in [0.1, 0.15) is 5.82 Å². The fourth-order valence-electron chi connectivity index (χ4n) is 2.97. The summed E-state index contributed by atoms with van der Waals surface area (Å²) in [6, 6.07) is 3.94. The maximum absolute atomic E-state index is 12.3. The lowest BCUT2D eigenvalue weighted by molar-refractivity contribution is 0.206. The first kappa shape index (κ1) is 17.7. The van der Waals surface area contributed by atoms with Crippen LogP contribution in [0.15, 0.2) is 23.7 Å². The summed E-state index contributed by atoms with van der Waals surface area (Å²) in [5, 5.41) is 5.98. The molecule has 0 bridgehead atoms. The minimum atomic E-state index is -0.0954. The van der Waals surface area contributed by atoms with Gasteiger partial charge in [0, 0.05) is 38.3 Å². The lowest BCUT2D eigenvalue weighted by Gasteiger charge is -2.28. The number of anilines is 1. The molecule has 0 atom stereocenters. The van der Waals surface area contributed by atoms with Gasteiger partial charge in [0.05, 0.1) is 17.2 Å². The Bertz CT molecular complexity index is 711. The molecule has 2 amide bonds. The molecule has 1 aliphatic heterocycles. The van der Waals surface area contributed by atoms with Gasteiger partial charge in [-0.25, -0.2) is 14.8 Å². The van der Waals surface area contributed by atoms with E-state index >= 15 is 0 Å². The summed E-state index contributed by atoms with van der Waals surface area (Å²) in [6.07, 6.45) is 5.58. The molecule has 2 aromatic rings. The molecule has 25 heavy (non-hydrogen) atoms. The highest BCUT2D eigenvalue weighted by Gasteiger charge is 2.13. The Labute approximate surface area is 152 Å². The number of amides is 2. The van der Waals surface area contributed by atoms with Crippen molar-refractivity contribution in [3.8, 4) is 0 Å². The van der Waals surface area contributed by atoms with Crippen LogP contribution in [0.4, 0.5) is 10.6 Å². The highest BCUT2D eigenvalue weighted by Crippen LogP contribution is 2.18. The number of carbonyl (C=O) groups excluding carboxylic acids is 1. The number of hydrogen-bond donors (Lipinski definition) is 1. The predicted molar refractivity (Wildman–Crippen MR) is 101 cm³/mol. The van der Waals surface area contributed by atoms with Gasteiger partial charge in [-0.3, -0.25) is 0 Å². The lowest BCUT2D eigenvalue weighted by atomic mass is 10.1. The number of aromatic nitrogens is 2. The Hall–Kier alpha value is -2.15. The van der Waals surface area contributed by atoms with E-state index in [0.29, 0.717) is 13.1 Å². The largest absolute Gasteiger partial charge is 0.357 e. The highest BCUT2D eigenvalue weighted by atomic mass is 32.1. The summed E-state index contributed by atoms with van der Waals surface area (Å²) in [5.74, 6) is 1.01. The van der Waals surface area contributed by atoms with Crippen LogP contribution in [0.5, 0.6) is 0 Å². The Morgan fingerprint density at radius 3 is 2.88 bits per heavy atom. The molecule has 0 unspecified atom stereocenters. The average Bonchev–Trinajstić information content (AvgIpc) is 3.05. The molecule has 6 nitrogen and oxygen atoms in total. The first-order valence-corrected chi connectivity index (χ1v) is 9.59. The van der Waals surface area contributed by atoms with Gasteiger partial charge in [0.2, 0.25) is 0 Å².